The number of anilines is 1. The highest BCUT2D eigenvalue weighted by atomic mass is 16.5. The van der Waals surface area contributed by atoms with Crippen LogP contribution in [0.2, 0.25) is 0 Å². The Bertz CT molecular complexity index is 1680. The van der Waals surface area contributed by atoms with Gasteiger partial charge in [-0.2, -0.15) is 0 Å². The molecule has 1 aliphatic heterocycles. The van der Waals surface area contributed by atoms with Gasteiger partial charge in [-0.05, 0) is 81.6 Å². The Balaban J connectivity index is 1.20. The molecule has 1 fully saturated rings. The molecule has 1 saturated heterocycles. The van der Waals surface area contributed by atoms with E-state index in [4.69, 9.17) is 4.74 Å². The van der Waals surface area contributed by atoms with Crippen molar-refractivity contribution >= 4 is 23.7 Å². The number of nitrogens with one attached hydrogen (secondary N) is 2. The molecule has 4 aromatic rings. The van der Waals surface area contributed by atoms with Gasteiger partial charge in [0.05, 0.1) is 17.8 Å². The number of benzene rings is 1. The summed E-state index contributed by atoms with van der Waals surface area (Å²) in [4.78, 5) is 31.4. The number of hydrogen-bond donors (Lipinski definition) is 2. The van der Waals surface area contributed by atoms with E-state index in [2.05, 4.69) is 55.2 Å². The third-order valence-corrected chi connectivity index (χ3v) is 8.87. The van der Waals surface area contributed by atoms with Crippen LogP contribution in [0.4, 0.5) is 10.5 Å². The number of carbonyl (C=O) groups excluding carboxylic acids is 2. The molecule has 3 atom stereocenters. The van der Waals surface area contributed by atoms with Crippen LogP contribution in [-0.2, 0) is 11.0 Å². The van der Waals surface area contributed by atoms with Crippen molar-refractivity contribution in [1.29, 1.82) is 0 Å². The zero-order valence-electron chi connectivity index (χ0n) is 25.4. The number of pyridine rings is 2. The average molecular weight is 582 g/mol. The minimum atomic E-state index is -0.335. The Hall–Kier alpha value is -4.31. The van der Waals surface area contributed by atoms with Crippen molar-refractivity contribution in [2.75, 3.05) is 18.9 Å². The lowest BCUT2D eigenvalue weighted by molar-refractivity contribution is 0.111. The monoisotopic (exact) mass is 581 g/mol. The van der Waals surface area contributed by atoms with Crippen molar-refractivity contribution in [1.82, 2.24) is 29.8 Å². The van der Waals surface area contributed by atoms with E-state index >= 15 is 0 Å². The second-order valence-electron chi connectivity index (χ2n) is 12.9. The van der Waals surface area contributed by atoms with E-state index in [0.29, 0.717) is 18.4 Å². The Morgan fingerprint density at radius 2 is 1.88 bits per heavy atom. The molecule has 0 bridgehead atoms. The van der Waals surface area contributed by atoms with Gasteiger partial charge in [0.2, 0.25) is 0 Å². The Labute approximate surface area is 251 Å². The second-order valence-corrected chi connectivity index (χ2v) is 12.9. The lowest BCUT2D eigenvalue weighted by Crippen LogP contribution is -2.37. The van der Waals surface area contributed by atoms with Crippen molar-refractivity contribution in [3.05, 3.63) is 83.1 Å². The number of likely N-dealkylation sites (tertiary alicyclic amines) is 1. The second kappa shape index (κ2) is 11.1. The molecule has 6 rings (SSSR count). The summed E-state index contributed by atoms with van der Waals surface area (Å²) in [7, 11) is 2.14. The highest BCUT2D eigenvalue weighted by Crippen LogP contribution is 2.40. The molecule has 224 valence electrons. The smallest absolute Gasteiger partial charge is 0.319 e. The van der Waals surface area contributed by atoms with Gasteiger partial charge < -0.3 is 15.4 Å². The Morgan fingerprint density at radius 1 is 1.09 bits per heavy atom. The fraction of sp³-hybridized carbons (Fsp3) is 0.424. The number of carbonyl (C=O) groups is 2. The summed E-state index contributed by atoms with van der Waals surface area (Å²) < 4.78 is 8.65. The summed E-state index contributed by atoms with van der Waals surface area (Å²) in [6.45, 7) is 9.31. The summed E-state index contributed by atoms with van der Waals surface area (Å²) >= 11 is 0. The van der Waals surface area contributed by atoms with Crippen LogP contribution < -0.4 is 15.4 Å². The van der Waals surface area contributed by atoms with E-state index < -0.39 is 0 Å². The van der Waals surface area contributed by atoms with Crippen molar-refractivity contribution in [2.45, 2.75) is 76.5 Å². The fourth-order valence-corrected chi connectivity index (χ4v) is 6.27. The lowest BCUT2D eigenvalue weighted by Gasteiger charge is -2.32. The predicted octanol–water partition coefficient (Wildman–Crippen LogP) is 5.95. The van der Waals surface area contributed by atoms with Crippen LogP contribution >= 0.6 is 0 Å². The maximum absolute atomic E-state index is 13.1. The highest BCUT2D eigenvalue weighted by molar-refractivity contribution is 5.90. The number of ether oxygens (including phenoxy) is 1. The largest absolute Gasteiger partial charge is 0.484 e. The SMILES string of the molecule is CN1CCC[C@@]1(C)c1nnc2ccc(O[C@@H]3CC[C@H](NC(=O)Nc4cc(C=O)nc(C(C)(C)C)c4)c4ccccc43)cn12. The number of amides is 2. The third kappa shape index (κ3) is 5.59. The van der Waals surface area contributed by atoms with Crippen molar-refractivity contribution in [3.8, 4) is 5.75 Å². The molecule has 10 heteroatoms. The molecule has 2 aliphatic rings. The van der Waals surface area contributed by atoms with E-state index in [1.54, 1.807) is 6.07 Å². The molecule has 3 aromatic heterocycles. The number of nitrogens with zero attached hydrogens (tertiary/aromatic N) is 5. The maximum atomic E-state index is 13.1. The molecule has 0 unspecified atom stereocenters. The van der Waals surface area contributed by atoms with Crippen LogP contribution in [0.15, 0.2) is 54.7 Å². The van der Waals surface area contributed by atoms with Gasteiger partial charge in [0, 0.05) is 16.8 Å². The molecular weight excluding hydrogens is 542 g/mol. The first-order chi connectivity index (χ1) is 20.5. The molecule has 2 N–H and O–H groups in total. The van der Waals surface area contributed by atoms with Crippen molar-refractivity contribution < 1.29 is 14.3 Å². The topological polar surface area (TPSA) is 114 Å². The normalized spacial score (nSPS) is 22.3. The van der Waals surface area contributed by atoms with Crippen LogP contribution in [0, 0.1) is 0 Å². The standard InChI is InChI=1S/C33H39N7O3/c1-32(2,3)28-18-21(17-22(20-41)34-28)35-31(42)36-26-12-13-27(25-10-7-6-9-24(25)26)43-23-11-14-29-37-38-30(40(29)19-23)33(4)15-8-16-39(33)5/h6-7,9-11,14,17-20,26-27H,8,12-13,15-16H2,1-5H3,(H2,34,35,36,42)/t26-,27+,33-/m0/s1. The van der Waals surface area contributed by atoms with Crippen molar-refractivity contribution in [3.63, 3.8) is 0 Å². The van der Waals surface area contributed by atoms with Gasteiger partial charge >= 0.3 is 6.03 Å². The summed E-state index contributed by atoms with van der Waals surface area (Å²) in [6.07, 6.45) is 6.14. The van der Waals surface area contributed by atoms with E-state index in [0.717, 1.165) is 59.8 Å². The lowest BCUT2D eigenvalue weighted by atomic mass is 9.85. The van der Waals surface area contributed by atoms with Crippen LogP contribution in [-0.4, -0.2) is 50.4 Å². The summed E-state index contributed by atoms with van der Waals surface area (Å²) in [5, 5.41) is 15.0. The molecule has 0 radical (unpaired) electrons. The zero-order valence-corrected chi connectivity index (χ0v) is 25.4. The molecular formula is C33H39N7O3. The number of rotatable bonds is 6. The van der Waals surface area contributed by atoms with Gasteiger partial charge in [0.15, 0.2) is 17.8 Å². The number of aromatic nitrogens is 4. The maximum Gasteiger partial charge on any atom is 0.319 e. The minimum absolute atomic E-state index is 0.163. The van der Waals surface area contributed by atoms with Gasteiger partial charge in [0.1, 0.15) is 17.5 Å². The molecule has 43 heavy (non-hydrogen) atoms. The summed E-state index contributed by atoms with van der Waals surface area (Å²) in [5.74, 6) is 1.68. The first-order valence-electron chi connectivity index (χ1n) is 14.9. The van der Waals surface area contributed by atoms with Crippen LogP contribution in [0.25, 0.3) is 5.65 Å². The average Bonchev–Trinajstić information content (AvgIpc) is 3.56. The van der Waals surface area contributed by atoms with Gasteiger partial charge in [-0.25, -0.2) is 9.78 Å². The van der Waals surface area contributed by atoms with Gasteiger partial charge in [-0.15, -0.1) is 10.2 Å². The minimum Gasteiger partial charge on any atom is -0.484 e. The van der Waals surface area contributed by atoms with E-state index in [9.17, 15) is 9.59 Å². The number of fused-ring (bicyclic) bond motifs is 2. The molecule has 10 nitrogen and oxygen atoms in total. The van der Waals surface area contributed by atoms with E-state index in [1.165, 1.54) is 0 Å². The first-order valence-corrected chi connectivity index (χ1v) is 14.9. The van der Waals surface area contributed by atoms with E-state index in [1.807, 2.05) is 63.4 Å². The van der Waals surface area contributed by atoms with Crippen LogP contribution in [0.5, 0.6) is 5.75 Å². The Morgan fingerprint density at radius 3 is 2.60 bits per heavy atom. The van der Waals surface area contributed by atoms with Gasteiger partial charge in [0.25, 0.3) is 0 Å². The molecule has 1 aromatic carbocycles. The molecule has 2 amide bonds. The summed E-state index contributed by atoms with van der Waals surface area (Å²) in [5.41, 5.74) is 3.98. The van der Waals surface area contributed by atoms with Crippen molar-refractivity contribution in [2.24, 2.45) is 0 Å². The number of urea groups is 1. The number of hydrogen-bond acceptors (Lipinski definition) is 7. The fourth-order valence-electron chi connectivity index (χ4n) is 6.27. The molecule has 1 aliphatic carbocycles. The quantitative estimate of drug-likeness (QED) is 0.271. The molecule has 0 saturated carbocycles. The summed E-state index contributed by atoms with van der Waals surface area (Å²) in [6, 6.07) is 14.9. The van der Waals surface area contributed by atoms with Gasteiger partial charge in [-0.1, -0.05) is 45.0 Å². The van der Waals surface area contributed by atoms with Crippen LogP contribution in [0.3, 0.4) is 0 Å². The highest BCUT2D eigenvalue weighted by Gasteiger charge is 2.40. The zero-order chi connectivity index (χ0) is 30.4. The first kappa shape index (κ1) is 28.8. The Kier molecular flexibility index (Phi) is 7.41. The third-order valence-electron chi connectivity index (χ3n) is 8.87. The predicted molar refractivity (Wildman–Crippen MR) is 164 cm³/mol. The molecule has 4 heterocycles. The van der Waals surface area contributed by atoms with Gasteiger partial charge in [-0.3, -0.25) is 14.1 Å². The molecule has 0 spiro atoms. The van der Waals surface area contributed by atoms with Crippen LogP contribution in [0.1, 0.15) is 98.7 Å². The van der Waals surface area contributed by atoms with E-state index in [-0.39, 0.29) is 34.8 Å². The number of aldehydes is 1.